The van der Waals surface area contributed by atoms with Crippen molar-refractivity contribution >= 4 is 17.3 Å². The highest BCUT2D eigenvalue weighted by atomic mass is 35.5. The minimum atomic E-state index is 0.418. The Morgan fingerprint density at radius 2 is 1.70 bits per heavy atom. The lowest BCUT2D eigenvalue weighted by atomic mass is 10.2. The smallest absolute Gasteiger partial charge is 0.165 e. The first-order valence-corrected chi connectivity index (χ1v) is 6.66. The number of benzene rings is 2. The van der Waals surface area contributed by atoms with Crippen LogP contribution in [0.25, 0.3) is 0 Å². The van der Waals surface area contributed by atoms with Crippen molar-refractivity contribution in [3.63, 3.8) is 0 Å². The van der Waals surface area contributed by atoms with E-state index in [0.717, 1.165) is 5.56 Å². The highest BCUT2D eigenvalue weighted by Gasteiger charge is 2.15. The largest absolute Gasteiger partial charge is 0.487 e. The van der Waals surface area contributed by atoms with Crippen molar-refractivity contribution in [2.45, 2.75) is 6.61 Å². The van der Waals surface area contributed by atoms with Gasteiger partial charge in [-0.15, -0.1) is 0 Å². The molecule has 0 aromatic heterocycles. The standard InChI is InChI=1S/C15H14ClNO3/c16-11-3-1-10(2-4-11)9-20-13-8-15-14(7-12(13)17)18-5-6-19-15/h1-4,7-8H,5-6,9,17H2. The van der Waals surface area contributed by atoms with Crippen LogP contribution in [-0.2, 0) is 6.61 Å². The summed E-state index contributed by atoms with van der Waals surface area (Å²) in [6.07, 6.45) is 0. The average Bonchev–Trinajstić information content (AvgIpc) is 2.47. The van der Waals surface area contributed by atoms with E-state index in [4.69, 9.17) is 31.5 Å². The van der Waals surface area contributed by atoms with Crippen LogP contribution in [0, 0.1) is 0 Å². The van der Waals surface area contributed by atoms with Crippen molar-refractivity contribution < 1.29 is 14.2 Å². The molecule has 0 unspecified atom stereocenters. The predicted molar refractivity (Wildman–Crippen MR) is 77.6 cm³/mol. The van der Waals surface area contributed by atoms with Gasteiger partial charge in [-0.05, 0) is 17.7 Å². The summed E-state index contributed by atoms with van der Waals surface area (Å²) >= 11 is 5.84. The van der Waals surface area contributed by atoms with Gasteiger partial charge in [-0.3, -0.25) is 0 Å². The lowest BCUT2D eigenvalue weighted by Crippen LogP contribution is -2.15. The molecule has 0 fully saturated rings. The van der Waals surface area contributed by atoms with Crippen molar-refractivity contribution in [2.75, 3.05) is 18.9 Å². The molecule has 20 heavy (non-hydrogen) atoms. The van der Waals surface area contributed by atoms with Crippen LogP contribution in [0.4, 0.5) is 5.69 Å². The Kier molecular flexibility index (Phi) is 3.56. The zero-order chi connectivity index (χ0) is 13.9. The van der Waals surface area contributed by atoms with Crippen molar-refractivity contribution in [1.29, 1.82) is 0 Å². The lowest BCUT2D eigenvalue weighted by molar-refractivity contribution is 0.170. The monoisotopic (exact) mass is 291 g/mol. The quantitative estimate of drug-likeness (QED) is 0.882. The first-order chi connectivity index (χ1) is 9.72. The molecule has 4 nitrogen and oxygen atoms in total. The molecule has 3 rings (SSSR count). The van der Waals surface area contributed by atoms with Crippen molar-refractivity contribution in [2.24, 2.45) is 0 Å². The molecule has 0 radical (unpaired) electrons. The number of hydrogen-bond donors (Lipinski definition) is 1. The Bertz CT molecular complexity index is 613. The second-order valence-corrected chi connectivity index (χ2v) is 4.89. The molecule has 0 bridgehead atoms. The highest BCUT2D eigenvalue weighted by Crippen LogP contribution is 2.38. The van der Waals surface area contributed by atoms with Crippen molar-refractivity contribution in [3.8, 4) is 17.2 Å². The van der Waals surface area contributed by atoms with Crippen LogP contribution in [0.1, 0.15) is 5.56 Å². The molecule has 0 spiro atoms. The van der Waals surface area contributed by atoms with Crippen LogP contribution in [0.2, 0.25) is 5.02 Å². The van der Waals surface area contributed by atoms with Crippen LogP contribution in [0.5, 0.6) is 17.2 Å². The van der Waals surface area contributed by atoms with Gasteiger partial charge in [0, 0.05) is 17.2 Å². The Hall–Kier alpha value is -2.07. The number of nitrogen functional groups attached to an aromatic ring is 1. The van der Waals surface area contributed by atoms with E-state index in [2.05, 4.69) is 0 Å². The van der Waals surface area contributed by atoms with E-state index in [1.54, 1.807) is 12.1 Å². The molecule has 1 aliphatic rings. The molecule has 1 aliphatic heterocycles. The van der Waals surface area contributed by atoms with Crippen LogP contribution in [0.3, 0.4) is 0 Å². The summed E-state index contributed by atoms with van der Waals surface area (Å²) in [5, 5.41) is 0.701. The van der Waals surface area contributed by atoms with Crippen molar-refractivity contribution in [3.05, 3.63) is 47.0 Å². The van der Waals surface area contributed by atoms with Crippen LogP contribution >= 0.6 is 11.6 Å². The SMILES string of the molecule is Nc1cc2c(cc1OCc1ccc(Cl)cc1)OCCO2. The molecule has 1 heterocycles. The zero-order valence-corrected chi connectivity index (χ0v) is 11.5. The maximum absolute atomic E-state index is 5.95. The Balaban J connectivity index is 1.75. The molecule has 0 saturated heterocycles. The normalized spacial score (nSPS) is 13.1. The van der Waals surface area contributed by atoms with Crippen LogP contribution < -0.4 is 19.9 Å². The van der Waals surface area contributed by atoms with Gasteiger partial charge >= 0.3 is 0 Å². The molecule has 2 aromatic carbocycles. The van der Waals surface area contributed by atoms with Crippen molar-refractivity contribution in [1.82, 2.24) is 0 Å². The van der Waals surface area contributed by atoms with E-state index >= 15 is 0 Å². The number of hydrogen-bond acceptors (Lipinski definition) is 4. The molecule has 2 N–H and O–H groups in total. The minimum absolute atomic E-state index is 0.418. The van der Waals surface area contributed by atoms with Gasteiger partial charge in [0.15, 0.2) is 11.5 Å². The third-order valence-electron chi connectivity index (χ3n) is 2.98. The summed E-state index contributed by atoms with van der Waals surface area (Å²) in [5.74, 6) is 1.91. The summed E-state index contributed by atoms with van der Waals surface area (Å²) in [5.41, 5.74) is 7.50. The molecule has 0 saturated carbocycles. The third-order valence-corrected chi connectivity index (χ3v) is 3.23. The molecule has 0 amide bonds. The first-order valence-electron chi connectivity index (χ1n) is 6.29. The Labute approximate surface area is 122 Å². The Morgan fingerprint density at radius 1 is 1.05 bits per heavy atom. The summed E-state index contributed by atoms with van der Waals surface area (Å²) < 4.78 is 16.7. The number of ether oxygens (including phenoxy) is 3. The van der Waals surface area contributed by atoms with Gasteiger partial charge in [-0.2, -0.15) is 0 Å². The van der Waals surface area contributed by atoms with E-state index < -0.39 is 0 Å². The summed E-state index contributed by atoms with van der Waals surface area (Å²) in [6.45, 7) is 1.49. The van der Waals surface area contributed by atoms with Gasteiger partial charge in [0.1, 0.15) is 25.6 Å². The van der Waals surface area contributed by atoms with Gasteiger partial charge < -0.3 is 19.9 Å². The first kappa shape index (κ1) is 12.9. The highest BCUT2D eigenvalue weighted by molar-refractivity contribution is 6.30. The van der Waals surface area contributed by atoms with E-state index in [0.29, 0.717) is 47.8 Å². The fourth-order valence-corrected chi connectivity index (χ4v) is 2.08. The second-order valence-electron chi connectivity index (χ2n) is 4.45. The number of nitrogens with two attached hydrogens (primary N) is 1. The zero-order valence-electron chi connectivity index (χ0n) is 10.8. The second kappa shape index (κ2) is 5.51. The fourth-order valence-electron chi connectivity index (χ4n) is 1.95. The summed E-state index contributed by atoms with van der Waals surface area (Å²) in [4.78, 5) is 0. The third kappa shape index (κ3) is 2.75. The maximum atomic E-state index is 5.95. The molecular weight excluding hydrogens is 278 g/mol. The number of anilines is 1. The molecule has 0 aliphatic carbocycles. The molecule has 5 heteroatoms. The summed E-state index contributed by atoms with van der Waals surface area (Å²) in [7, 11) is 0. The predicted octanol–water partition coefficient (Wildman–Crippen LogP) is 3.27. The Morgan fingerprint density at radius 3 is 2.40 bits per heavy atom. The van der Waals surface area contributed by atoms with Crippen LogP contribution in [0.15, 0.2) is 36.4 Å². The van der Waals surface area contributed by atoms with Gasteiger partial charge in [0.05, 0.1) is 5.69 Å². The molecular formula is C15H14ClNO3. The van der Waals surface area contributed by atoms with Gasteiger partial charge in [-0.1, -0.05) is 23.7 Å². The molecule has 104 valence electrons. The van der Waals surface area contributed by atoms with E-state index in [-0.39, 0.29) is 0 Å². The lowest BCUT2D eigenvalue weighted by Gasteiger charge is -2.20. The number of rotatable bonds is 3. The van der Waals surface area contributed by atoms with Gasteiger partial charge in [0.2, 0.25) is 0 Å². The maximum Gasteiger partial charge on any atom is 0.165 e. The minimum Gasteiger partial charge on any atom is -0.487 e. The topological polar surface area (TPSA) is 53.7 Å². The molecule has 0 atom stereocenters. The average molecular weight is 292 g/mol. The number of halogens is 1. The van der Waals surface area contributed by atoms with Gasteiger partial charge in [-0.25, -0.2) is 0 Å². The summed E-state index contributed by atoms with van der Waals surface area (Å²) in [6, 6.07) is 11.0. The van der Waals surface area contributed by atoms with Crippen LogP contribution in [-0.4, -0.2) is 13.2 Å². The fraction of sp³-hybridized carbons (Fsp3) is 0.200. The number of fused-ring (bicyclic) bond motifs is 1. The van der Waals surface area contributed by atoms with E-state index in [9.17, 15) is 0 Å². The molecule has 2 aromatic rings. The van der Waals surface area contributed by atoms with E-state index in [1.165, 1.54) is 0 Å². The van der Waals surface area contributed by atoms with E-state index in [1.807, 2.05) is 24.3 Å². The van der Waals surface area contributed by atoms with Gasteiger partial charge in [0.25, 0.3) is 0 Å².